The van der Waals surface area contributed by atoms with Crippen LogP contribution in [-0.2, 0) is 13.5 Å². The number of pyridine rings is 1. The molecule has 3 aromatic rings. The van der Waals surface area contributed by atoms with E-state index in [9.17, 15) is 4.39 Å². The molecule has 5 rings (SSSR count). The van der Waals surface area contributed by atoms with Crippen LogP contribution in [0.3, 0.4) is 0 Å². The normalized spacial score (nSPS) is 23.0. The van der Waals surface area contributed by atoms with Crippen molar-refractivity contribution < 1.29 is 8.96 Å². The van der Waals surface area contributed by atoms with Gasteiger partial charge in [0.2, 0.25) is 5.69 Å². The Morgan fingerprint density at radius 3 is 2.44 bits per heavy atom. The van der Waals surface area contributed by atoms with Gasteiger partial charge in [0.1, 0.15) is 12.9 Å². The summed E-state index contributed by atoms with van der Waals surface area (Å²) in [4.78, 5) is 0. The van der Waals surface area contributed by atoms with E-state index < -0.39 is 0 Å². The Labute approximate surface area is 192 Å². The molecule has 2 aliphatic rings. The van der Waals surface area contributed by atoms with E-state index in [0.29, 0.717) is 5.56 Å². The first-order valence-electron chi connectivity index (χ1n) is 12.6. The van der Waals surface area contributed by atoms with Crippen LogP contribution in [0.5, 0.6) is 0 Å². The summed E-state index contributed by atoms with van der Waals surface area (Å²) in [5, 5.41) is 2.54. The molecule has 2 fully saturated rings. The lowest BCUT2D eigenvalue weighted by atomic mass is 9.67. The molecular weight excluding hydrogens is 393 g/mol. The monoisotopic (exact) mass is 430 g/mol. The van der Waals surface area contributed by atoms with E-state index in [-0.39, 0.29) is 5.82 Å². The molecule has 0 N–H and O–H groups in total. The molecule has 2 aromatic carbocycles. The number of hydrogen-bond donors (Lipinski definition) is 0. The van der Waals surface area contributed by atoms with Gasteiger partial charge in [-0.25, -0.2) is 8.96 Å². The Morgan fingerprint density at radius 2 is 1.69 bits per heavy atom. The Morgan fingerprint density at radius 1 is 0.938 bits per heavy atom. The van der Waals surface area contributed by atoms with E-state index in [0.717, 1.165) is 34.4 Å². The van der Waals surface area contributed by atoms with Crippen molar-refractivity contribution in [2.75, 3.05) is 0 Å². The van der Waals surface area contributed by atoms with Crippen LogP contribution >= 0.6 is 0 Å². The average Bonchev–Trinajstić information content (AvgIpc) is 2.79. The van der Waals surface area contributed by atoms with Gasteiger partial charge in [-0.1, -0.05) is 31.4 Å². The van der Waals surface area contributed by atoms with Crippen molar-refractivity contribution in [2.45, 2.75) is 72.1 Å². The number of rotatable bonds is 4. The summed E-state index contributed by atoms with van der Waals surface area (Å²) in [6.07, 6.45) is 13.5. The predicted octanol–water partition coefficient (Wildman–Crippen LogP) is 7.54. The molecule has 32 heavy (non-hydrogen) atoms. The molecule has 2 saturated carbocycles. The van der Waals surface area contributed by atoms with Gasteiger partial charge >= 0.3 is 0 Å². The van der Waals surface area contributed by atoms with Gasteiger partial charge in [-0.15, -0.1) is 0 Å². The summed E-state index contributed by atoms with van der Waals surface area (Å²) < 4.78 is 16.6. The molecule has 2 heteroatoms. The Kier molecular flexibility index (Phi) is 5.82. The molecular formula is C30H37FN+. The lowest BCUT2D eigenvalue weighted by Crippen LogP contribution is -2.31. The van der Waals surface area contributed by atoms with Crippen molar-refractivity contribution in [3.8, 4) is 11.3 Å². The predicted molar refractivity (Wildman–Crippen MR) is 131 cm³/mol. The highest BCUT2D eigenvalue weighted by atomic mass is 19.1. The average molecular weight is 431 g/mol. The van der Waals surface area contributed by atoms with Crippen LogP contribution in [-0.4, -0.2) is 0 Å². The maximum absolute atomic E-state index is 14.5. The van der Waals surface area contributed by atoms with Crippen molar-refractivity contribution in [3.05, 3.63) is 64.6 Å². The van der Waals surface area contributed by atoms with Gasteiger partial charge in [0, 0.05) is 6.07 Å². The van der Waals surface area contributed by atoms with Gasteiger partial charge in [0.15, 0.2) is 6.20 Å². The largest absolute Gasteiger partial charge is 0.220 e. The van der Waals surface area contributed by atoms with Crippen molar-refractivity contribution in [2.24, 2.45) is 24.8 Å². The zero-order valence-electron chi connectivity index (χ0n) is 20.2. The van der Waals surface area contributed by atoms with E-state index >= 15 is 0 Å². The number of halogens is 1. The molecule has 2 unspecified atom stereocenters. The topological polar surface area (TPSA) is 3.88 Å². The minimum atomic E-state index is -0.0803. The summed E-state index contributed by atoms with van der Waals surface area (Å²) in [6, 6.07) is 11.3. The molecule has 1 nitrogen and oxygen atoms in total. The quantitative estimate of drug-likeness (QED) is 0.376. The highest BCUT2D eigenvalue weighted by Crippen LogP contribution is 2.44. The SMILES string of the molecule is Cc1cc(-c2c3ccc(CCC4CC5CCCC(C5)C4)cc3cc[n+]2C)c(C)c(C)c1F. The fraction of sp³-hybridized carbons (Fsp3) is 0.500. The number of aromatic nitrogens is 1. The van der Waals surface area contributed by atoms with E-state index in [4.69, 9.17) is 0 Å². The molecule has 0 saturated heterocycles. The molecule has 2 aliphatic carbocycles. The number of fused-ring (bicyclic) bond motifs is 3. The Balaban J connectivity index is 1.43. The molecule has 1 heterocycles. The van der Waals surface area contributed by atoms with Gasteiger partial charge in [-0.2, -0.15) is 0 Å². The first-order chi connectivity index (χ1) is 15.4. The van der Waals surface area contributed by atoms with Crippen LogP contribution in [0.15, 0.2) is 36.5 Å². The van der Waals surface area contributed by atoms with E-state index in [1.54, 1.807) is 0 Å². The van der Waals surface area contributed by atoms with Crippen molar-refractivity contribution in [1.82, 2.24) is 0 Å². The van der Waals surface area contributed by atoms with Gasteiger partial charge in [0.05, 0.1) is 10.9 Å². The van der Waals surface area contributed by atoms with Crippen LogP contribution in [0.2, 0.25) is 0 Å². The minimum absolute atomic E-state index is 0.0803. The highest BCUT2D eigenvalue weighted by Gasteiger charge is 2.31. The maximum Gasteiger partial charge on any atom is 0.220 e. The lowest BCUT2D eigenvalue weighted by Gasteiger charge is -2.39. The van der Waals surface area contributed by atoms with Crippen molar-refractivity contribution in [1.29, 1.82) is 0 Å². The lowest BCUT2D eigenvalue weighted by molar-refractivity contribution is -0.659. The fourth-order valence-corrected chi connectivity index (χ4v) is 6.69. The fourth-order valence-electron chi connectivity index (χ4n) is 6.69. The first kappa shape index (κ1) is 21.6. The van der Waals surface area contributed by atoms with Crippen molar-refractivity contribution in [3.63, 3.8) is 0 Å². The zero-order valence-corrected chi connectivity index (χ0v) is 20.2. The van der Waals surface area contributed by atoms with Crippen molar-refractivity contribution >= 4 is 10.8 Å². The Hall–Kier alpha value is -2.22. The van der Waals surface area contributed by atoms with Gasteiger partial charge < -0.3 is 0 Å². The summed E-state index contributed by atoms with van der Waals surface area (Å²) in [7, 11) is 2.09. The number of benzene rings is 2. The third-order valence-electron chi connectivity index (χ3n) is 8.53. The number of aryl methyl sites for hydroxylation is 3. The summed E-state index contributed by atoms with van der Waals surface area (Å²) in [5.41, 5.74) is 6.27. The van der Waals surface area contributed by atoms with Gasteiger partial charge in [-0.05, 0) is 110 Å². The zero-order chi connectivity index (χ0) is 22.4. The van der Waals surface area contributed by atoms with E-state index in [1.807, 2.05) is 26.8 Å². The summed E-state index contributed by atoms with van der Waals surface area (Å²) >= 11 is 0. The van der Waals surface area contributed by atoms with Crippen LogP contribution in [0.4, 0.5) is 4.39 Å². The molecule has 1 aromatic heterocycles. The maximum atomic E-state index is 14.5. The minimum Gasteiger partial charge on any atom is -0.206 e. The third-order valence-corrected chi connectivity index (χ3v) is 8.53. The molecule has 0 amide bonds. The van der Waals surface area contributed by atoms with Gasteiger partial charge in [-0.3, -0.25) is 0 Å². The second-order valence-electron chi connectivity index (χ2n) is 10.8. The van der Waals surface area contributed by atoms with Crippen LogP contribution in [0.1, 0.15) is 67.2 Å². The van der Waals surface area contributed by atoms with Crippen LogP contribution in [0.25, 0.3) is 22.0 Å². The van der Waals surface area contributed by atoms with Gasteiger partial charge in [0.25, 0.3) is 0 Å². The smallest absolute Gasteiger partial charge is 0.206 e. The van der Waals surface area contributed by atoms with E-state index in [2.05, 4.69) is 42.1 Å². The number of hydrogen-bond acceptors (Lipinski definition) is 0. The summed E-state index contributed by atoms with van der Waals surface area (Å²) in [5.74, 6) is 2.87. The standard InChI is InChI=1S/C30H37FN/c1-19-14-28(20(2)21(3)29(19)31)30-27-11-10-22(18-26(27)12-13-32(30)4)8-9-25-16-23-6-5-7-24(15-23)17-25/h10-14,18,23-25H,5-9,15-17H2,1-4H3/q+1. The molecule has 0 aliphatic heterocycles. The number of nitrogens with zero attached hydrogens (tertiary/aromatic N) is 1. The molecule has 168 valence electrons. The van der Waals surface area contributed by atoms with E-state index in [1.165, 1.54) is 73.4 Å². The summed E-state index contributed by atoms with van der Waals surface area (Å²) in [6.45, 7) is 5.80. The molecule has 0 spiro atoms. The molecule has 2 atom stereocenters. The molecule has 0 radical (unpaired) electrons. The second-order valence-corrected chi connectivity index (χ2v) is 10.8. The molecule has 2 bridgehead atoms. The second kappa shape index (κ2) is 8.61. The first-order valence-corrected chi connectivity index (χ1v) is 12.6. The third kappa shape index (κ3) is 3.98. The Bertz CT molecular complexity index is 1150. The highest BCUT2D eigenvalue weighted by molar-refractivity contribution is 5.94. The van der Waals surface area contributed by atoms with Crippen LogP contribution in [0, 0.1) is 44.3 Å². The van der Waals surface area contributed by atoms with Crippen LogP contribution < -0.4 is 4.57 Å².